The number of carbonyl (C=O) groups is 2. The van der Waals surface area contributed by atoms with E-state index in [-0.39, 0.29) is 5.91 Å². The van der Waals surface area contributed by atoms with Crippen LogP contribution in [0.4, 0.5) is 5.69 Å². The third-order valence-corrected chi connectivity index (χ3v) is 4.27. The Balaban J connectivity index is 1.53. The van der Waals surface area contributed by atoms with Crippen LogP contribution >= 0.6 is 0 Å². The Hall–Kier alpha value is -3.28. The molecule has 28 heavy (non-hydrogen) atoms. The first-order chi connectivity index (χ1) is 13.5. The summed E-state index contributed by atoms with van der Waals surface area (Å²) < 4.78 is 16.1. The summed E-state index contributed by atoms with van der Waals surface area (Å²) in [6.45, 7) is 4.62. The van der Waals surface area contributed by atoms with Crippen molar-refractivity contribution in [3.63, 3.8) is 0 Å². The van der Waals surface area contributed by atoms with E-state index in [9.17, 15) is 9.59 Å². The molecule has 2 aromatic rings. The smallest absolute Gasteiger partial charge is 0.331 e. The molecule has 0 unspecified atom stereocenters. The summed E-state index contributed by atoms with van der Waals surface area (Å²) in [5, 5.41) is 2.74. The summed E-state index contributed by atoms with van der Waals surface area (Å²) >= 11 is 0. The van der Waals surface area contributed by atoms with Crippen LogP contribution in [0.3, 0.4) is 0 Å². The Morgan fingerprint density at radius 3 is 2.54 bits per heavy atom. The van der Waals surface area contributed by atoms with Gasteiger partial charge in [-0.2, -0.15) is 0 Å². The molecule has 1 aliphatic heterocycles. The SMILES string of the molecule is CCc1ccc(NC(=O)[C@@H](C)OC(=O)/C=C/c2ccc3c(c2)OCCO3)cc1. The van der Waals surface area contributed by atoms with Gasteiger partial charge in [0.25, 0.3) is 5.91 Å². The second-order valence-electron chi connectivity index (χ2n) is 6.36. The number of fused-ring (bicyclic) bond motifs is 1. The van der Waals surface area contributed by atoms with Crippen LogP contribution < -0.4 is 14.8 Å². The molecule has 0 aliphatic carbocycles. The third kappa shape index (κ3) is 5.13. The van der Waals surface area contributed by atoms with Crippen LogP contribution in [-0.2, 0) is 20.7 Å². The standard InChI is InChI=1S/C22H23NO5/c1-3-16-4-8-18(9-5-16)23-22(25)15(2)28-21(24)11-7-17-6-10-19-20(14-17)27-13-12-26-19/h4-11,14-15H,3,12-13H2,1-2H3,(H,23,25)/b11-7+/t15-/m1/s1. The van der Waals surface area contributed by atoms with Crippen LogP contribution in [0.25, 0.3) is 6.08 Å². The Morgan fingerprint density at radius 2 is 1.82 bits per heavy atom. The van der Waals surface area contributed by atoms with E-state index in [2.05, 4.69) is 12.2 Å². The zero-order valence-electron chi connectivity index (χ0n) is 15.9. The minimum Gasteiger partial charge on any atom is -0.486 e. The van der Waals surface area contributed by atoms with E-state index in [0.29, 0.717) is 30.4 Å². The number of carbonyl (C=O) groups excluding carboxylic acids is 2. The Morgan fingerprint density at radius 1 is 1.11 bits per heavy atom. The average molecular weight is 381 g/mol. The molecule has 1 N–H and O–H groups in total. The maximum atomic E-state index is 12.2. The minimum absolute atomic E-state index is 0.384. The van der Waals surface area contributed by atoms with Crippen molar-refractivity contribution >= 4 is 23.6 Å². The van der Waals surface area contributed by atoms with Gasteiger partial charge < -0.3 is 19.5 Å². The van der Waals surface area contributed by atoms with Crippen LogP contribution in [0, 0.1) is 0 Å². The fourth-order valence-corrected chi connectivity index (χ4v) is 2.66. The average Bonchev–Trinajstić information content (AvgIpc) is 2.72. The minimum atomic E-state index is -0.914. The van der Waals surface area contributed by atoms with E-state index in [1.807, 2.05) is 30.3 Å². The number of rotatable bonds is 6. The summed E-state index contributed by atoms with van der Waals surface area (Å²) in [6, 6.07) is 12.9. The van der Waals surface area contributed by atoms with Gasteiger partial charge in [0.1, 0.15) is 13.2 Å². The maximum Gasteiger partial charge on any atom is 0.331 e. The molecule has 1 aliphatic rings. The topological polar surface area (TPSA) is 73.9 Å². The number of amides is 1. The van der Waals surface area contributed by atoms with E-state index in [1.54, 1.807) is 18.2 Å². The monoisotopic (exact) mass is 381 g/mol. The quantitative estimate of drug-likeness (QED) is 0.611. The van der Waals surface area contributed by atoms with Crippen LogP contribution in [0.1, 0.15) is 25.0 Å². The highest BCUT2D eigenvalue weighted by Gasteiger charge is 2.17. The van der Waals surface area contributed by atoms with E-state index in [1.165, 1.54) is 18.6 Å². The van der Waals surface area contributed by atoms with Crippen molar-refractivity contribution in [2.24, 2.45) is 0 Å². The summed E-state index contributed by atoms with van der Waals surface area (Å²) in [5.74, 6) is 0.344. The largest absolute Gasteiger partial charge is 0.486 e. The van der Waals surface area contributed by atoms with Gasteiger partial charge in [-0.1, -0.05) is 25.1 Å². The molecule has 0 radical (unpaired) electrons. The summed E-state index contributed by atoms with van der Waals surface area (Å²) in [7, 11) is 0. The molecule has 0 fully saturated rings. The molecule has 2 aromatic carbocycles. The van der Waals surface area contributed by atoms with Crippen molar-refractivity contribution in [1.29, 1.82) is 0 Å². The molecule has 1 heterocycles. The highest BCUT2D eigenvalue weighted by molar-refractivity contribution is 5.96. The molecular weight excluding hydrogens is 358 g/mol. The van der Waals surface area contributed by atoms with Crippen molar-refractivity contribution in [1.82, 2.24) is 0 Å². The summed E-state index contributed by atoms with van der Waals surface area (Å²) in [4.78, 5) is 24.2. The lowest BCUT2D eigenvalue weighted by Gasteiger charge is -2.18. The van der Waals surface area contributed by atoms with Crippen molar-refractivity contribution < 1.29 is 23.8 Å². The lowest BCUT2D eigenvalue weighted by atomic mass is 10.1. The van der Waals surface area contributed by atoms with Gasteiger partial charge in [-0.15, -0.1) is 0 Å². The molecule has 0 aromatic heterocycles. The normalized spacial score (nSPS) is 13.8. The van der Waals surface area contributed by atoms with Crippen molar-refractivity contribution in [2.75, 3.05) is 18.5 Å². The fraction of sp³-hybridized carbons (Fsp3) is 0.273. The second-order valence-corrected chi connectivity index (χ2v) is 6.36. The molecule has 0 spiro atoms. The number of anilines is 1. The predicted molar refractivity (Wildman–Crippen MR) is 106 cm³/mol. The molecule has 3 rings (SSSR count). The van der Waals surface area contributed by atoms with Gasteiger partial charge in [-0.25, -0.2) is 4.79 Å². The molecule has 0 saturated carbocycles. The Kier molecular flexibility index (Phi) is 6.32. The number of hydrogen-bond donors (Lipinski definition) is 1. The zero-order valence-corrected chi connectivity index (χ0v) is 15.9. The lowest BCUT2D eigenvalue weighted by Crippen LogP contribution is -2.29. The van der Waals surface area contributed by atoms with E-state index >= 15 is 0 Å². The molecule has 0 saturated heterocycles. The van der Waals surface area contributed by atoms with Crippen molar-refractivity contribution in [2.45, 2.75) is 26.4 Å². The molecule has 1 atom stereocenters. The number of ether oxygens (including phenoxy) is 3. The molecule has 0 bridgehead atoms. The molecular formula is C22H23NO5. The first kappa shape index (κ1) is 19.5. The summed E-state index contributed by atoms with van der Waals surface area (Å²) in [6.07, 6.45) is 2.90. The van der Waals surface area contributed by atoms with Gasteiger partial charge in [0.2, 0.25) is 0 Å². The van der Waals surface area contributed by atoms with Gasteiger partial charge in [0.05, 0.1) is 0 Å². The van der Waals surface area contributed by atoms with Crippen LogP contribution in [0.5, 0.6) is 11.5 Å². The predicted octanol–water partition coefficient (Wildman–Crippen LogP) is 3.60. The van der Waals surface area contributed by atoms with Crippen LogP contribution in [0.15, 0.2) is 48.5 Å². The number of hydrogen-bond acceptors (Lipinski definition) is 5. The van der Waals surface area contributed by atoms with Crippen LogP contribution in [-0.4, -0.2) is 31.2 Å². The highest BCUT2D eigenvalue weighted by atomic mass is 16.6. The molecule has 6 nitrogen and oxygen atoms in total. The number of nitrogens with one attached hydrogen (secondary N) is 1. The van der Waals surface area contributed by atoms with Crippen molar-refractivity contribution in [3.05, 3.63) is 59.7 Å². The first-order valence-corrected chi connectivity index (χ1v) is 9.23. The molecule has 6 heteroatoms. The highest BCUT2D eigenvalue weighted by Crippen LogP contribution is 2.31. The van der Waals surface area contributed by atoms with Gasteiger partial charge in [0.15, 0.2) is 17.6 Å². The number of benzene rings is 2. The van der Waals surface area contributed by atoms with E-state index < -0.39 is 12.1 Å². The van der Waals surface area contributed by atoms with Crippen LogP contribution in [0.2, 0.25) is 0 Å². The zero-order chi connectivity index (χ0) is 19.9. The lowest BCUT2D eigenvalue weighted by molar-refractivity contribution is -0.148. The van der Waals surface area contributed by atoms with Gasteiger partial charge in [-0.05, 0) is 54.8 Å². The van der Waals surface area contributed by atoms with E-state index in [0.717, 1.165) is 12.0 Å². The van der Waals surface area contributed by atoms with Crippen molar-refractivity contribution in [3.8, 4) is 11.5 Å². The maximum absolute atomic E-state index is 12.2. The second kappa shape index (κ2) is 9.08. The van der Waals surface area contributed by atoms with Gasteiger partial charge >= 0.3 is 5.97 Å². The number of aryl methyl sites for hydroxylation is 1. The fourth-order valence-electron chi connectivity index (χ4n) is 2.66. The Labute approximate surface area is 164 Å². The third-order valence-electron chi connectivity index (χ3n) is 4.27. The number of esters is 1. The van der Waals surface area contributed by atoms with Gasteiger partial charge in [0, 0.05) is 11.8 Å². The van der Waals surface area contributed by atoms with Gasteiger partial charge in [-0.3, -0.25) is 4.79 Å². The van der Waals surface area contributed by atoms with E-state index in [4.69, 9.17) is 14.2 Å². The summed E-state index contributed by atoms with van der Waals surface area (Å²) in [5.41, 5.74) is 2.62. The molecule has 1 amide bonds. The Bertz CT molecular complexity index is 873. The first-order valence-electron chi connectivity index (χ1n) is 9.23. The molecule has 146 valence electrons.